The van der Waals surface area contributed by atoms with E-state index in [-0.39, 0.29) is 135 Å². The molecule has 5 fully saturated rings. The Morgan fingerprint density at radius 3 is 1.51 bits per heavy atom. The van der Waals surface area contributed by atoms with Crippen molar-refractivity contribution < 1.29 is 134 Å². The van der Waals surface area contributed by atoms with Gasteiger partial charge in [-0.3, -0.25) is 33.2 Å². The van der Waals surface area contributed by atoms with Gasteiger partial charge < -0.3 is 93.3 Å². The number of morpholine rings is 1. The van der Waals surface area contributed by atoms with E-state index in [1.165, 1.54) is 25.7 Å². The number of anilines is 3. The van der Waals surface area contributed by atoms with Crippen LogP contribution in [0.25, 0.3) is 10.4 Å². The molecular weight excluding hydrogens is 1880 g/mol. The molecule has 0 aliphatic carbocycles. The van der Waals surface area contributed by atoms with Gasteiger partial charge in [0.05, 0.1) is 50.3 Å². The van der Waals surface area contributed by atoms with E-state index in [0.29, 0.717) is 76.5 Å². The van der Waals surface area contributed by atoms with Crippen molar-refractivity contribution in [1.29, 1.82) is 10.5 Å². The third-order valence-corrected chi connectivity index (χ3v) is 19.1. The first-order valence-electron chi connectivity index (χ1n) is 32.1. The van der Waals surface area contributed by atoms with Crippen molar-refractivity contribution in [2.24, 2.45) is 10.1 Å². The zero-order valence-electron chi connectivity index (χ0n) is 63.4. The number of carbonyl (C=O) groups excluding carboxylic acids is 6. The van der Waals surface area contributed by atoms with E-state index >= 15 is 0 Å². The number of aliphatic carboxylic acids is 4. The molecule has 0 bridgehead atoms. The number of rotatable bonds is 14. The molecule has 0 saturated carbocycles. The molecule has 115 heavy (non-hydrogen) atoms. The second-order valence-electron chi connectivity index (χ2n) is 24.2. The van der Waals surface area contributed by atoms with Crippen LogP contribution in [0.3, 0.4) is 0 Å². The normalized spacial score (nSPS) is 18.0. The number of carboxylic acids is 4. The largest absolute Gasteiger partial charge is 1.00 e. The zero-order chi connectivity index (χ0) is 85.6. The average molecular weight is 2000 g/mol. The number of carboxylic acid groups (broad SMARTS) is 4. The number of amides is 4. The molecule has 0 aromatic heterocycles. The number of epoxide rings is 1. The first-order chi connectivity index (χ1) is 50.5. The number of nitrogens with zero attached hydrogens (tertiary/aromatic N) is 7. The van der Waals surface area contributed by atoms with Crippen LogP contribution in [0.5, 0.6) is 0 Å². The fraction of sp³-hybridized carbons (Fsp3) is 0.521. The van der Waals surface area contributed by atoms with E-state index in [1.54, 1.807) is 94.1 Å². The van der Waals surface area contributed by atoms with Crippen LogP contribution in [-0.4, -0.2) is 218 Å². The number of nitrogens with two attached hydrogens (primary N) is 2. The van der Waals surface area contributed by atoms with Gasteiger partial charge in [0.15, 0.2) is 28.1 Å². The van der Waals surface area contributed by atoms with Gasteiger partial charge >= 0.3 is 84.2 Å². The van der Waals surface area contributed by atoms with Crippen molar-refractivity contribution in [2.75, 3.05) is 71.1 Å². The Hall–Kier alpha value is -6.18. The molecule has 8 atom stereocenters. The Bertz CT molecular complexity index is 3680. The smallest absolute Gasteiger partial charge is 0.399 e. The van der Waals surface area contributed by atoms with Crippen molar-refractivity contribution in [3.05, 3.63) is 124 Å². The van der Waals surface area contributed by atoms with Crippen LogP contribution >= 0.6 is 105 Å². The predicted molar refractivity (Wildman–Crippen MR) is 466 cm³/mol. The molecule has 3 aromatic carbocycles. The molecule has 5 aliphatic rings. The van der Waals surface area contributed by atoms with Crippen LogP contribution < -0.4 is 57.1 Å². The maximum absolute atomic E-state index is 11.9. The number of ether oxygens (including phenoxy) is 2. The average Bonchev–Trinajstić information content (AvgIpc) is 1.53. The summed E-state index contributed by atoms with van der Waals surface area (Å²) in [6.45, 7) is 32.0. The molecule has 5 aliphatic heterocycles. The predicted octanol–water partition coefficient (Wildman–Crippen LogP) is 9.74. The Kier molecular flexibility index (Phi) is 76.3. The third-order valence-electron chi connectivity index (χ3n) is 14.5. The maximum atomic E-state index is 11.9. The number of benzene rings is 3. The van der Waals surface area contributed by atoms with E-state index in [9.17, 15) is 57.4 Å². The monoisotopic (exact) mass is 1990 g/mol. The van der Waals surface area contributed by atoms with Crippen molar-refractivity contribution in [2.45, 2.75) is 191 Å². The van der Waals surface area contributed by atoms with Gasteiger partial charge in [-0.2, -0.15) is 10.5 Å². The Labute approximate surface area is 755 Å². The number of esters is 1. The zero-order valence-corrected chi connectivity index (χ0v) is 74.1. The minimum absolute atomic E-state index is 0. The molecule has 4 amide bonds. The summed E-state index contributed by atoms with van der Waals surface area (Å²) in [7, 11) is 3.34. The number of hydrogen-bond acceptors (Lipinski definition) is 23. The Morgan fingerprint density at radius 1 is 0.800 bits per heavy atom. The van der Waals surface area contributed by atoms with Crippen LogP contribution in [0.4, 0.5) is 27.1 Å². The van der Waals surface area contributed by atoms with E-state index in [1.807, 2.05) is 25.5 Å². The summed E-state index contributed by atoms with van der Waals surface area (Å²) in [5.41, 5.74) is 8.28. The number of hydrogen-bond donors (Lipinski definition) is 14. The molecule has 1 radical (unpaired) electrons. The number of thiol groups is 1. The third kappa shape index (κ3) is 51.0. The molecule has 8 rings (SSSR count). The van der Waals surface area contributed by atoms with Crippen molar-refractivity contribution in [1.82, 2.24) is 15.1 Å². The minimum Gasteiger partial charge on any atom is -0.399 e. The summed E-state index contributed by atoms with van der Waals surface area (Å²) in [6, 6.07) is 18.3. The number of aryl methyl sites for hydroxylation is 3. The van der Waals surface area contributed by atoms with Gasteiger partial charge in [0.2, 0.25) is 11.1 Å². The number of fused-ring (bicyclic) bond motifs is 1. The van der Waals surface area contributed by atoms with Crippen LogP contribution in [-0.2, 0) is 57.4 Å². The summed E-state index contributed by atoms with van der Waals surface area (Å²) in [5, 5.41) is 93.6. The van der Waals surface area contributed by atoms with E-state index < -0.39 is 76.2 Å². The number of likely N-dealkylation sites (tertiary alicyclic amines) is 1. The SMILES string of the molecule is Br.C.C.C.C.C.C=C(C)C(=O)Cl.C=C(C)C(=O)N1CCC[C@@H]1C(=O)O.C[C@@]1(CBr)OC(=O)C2CCCN2C1=O.C[C@](O)(CBr)C(=O)O.C[C@](O)(CBr)C(=O)O.Cc1cc(NC(=O)[C@@](C)(O)CBr)ccc1C#N.Cc1cc(NC(=O)[C@]2(C)CO2)ccc1C#N.N[N-]O.O=C(O)[C@H]1CCCN1.[2H]CF.[B]=NS.[C-]#[N+]c1ccc(N)cc1C.[Na+]. The minimum atomic E-state index is -1.62. The summed E-state index contributed by atoms with van der Waals surface area (Å²) < 4.78 is 28.4. The first kappa shape index (κ1) is 130. The molecule has 3 aromatic rings. The number of cyclic esters (lactones) is 1. The van der Waals surface area contributed by atoms with Crippen molar-refractivity contribution in [3.63, 3.8) is 0 Å². The number of nitrogen functional groups attached to an aromatic ring is 1. The molecule has 645 valence electrons. The van der Waals surface area contributed by atoms with Crippen LogP contribution in [0, 0.1) is 50.0 Å². The number of alkyl halides is 5. The van der Waals surface area contributed by atoms with Gasteiger partial charge in [-0.25, -0.2) is 24.0 Å². The van der Waals surface area contributed by atoms with Gasteiger partial charge in [-0.05, 0) is 191 Å². The quantitative estimate of drug-likeness (QED) is 0.00610. The summed E-state index contributed by atoms with van der Waals surface area (Å²) in [4.78, 5) is 115. The molecule has 5 saturated heterocycles. The van der Waals surface area contributed by atoms with Gasteiger partial charge in [-0.15, -0.1) is 17.0 Å². The molecule has 15 N–H and O–H groups in total. The van der Waals surface area contributed by atoms with E-state index in [4.69, 9.17) is 81.1 Å². The Morgan fingerprint density at radius 2 is 1.22 bits per heavy atom. The second kappa shape index (κ2) is 67.7. The molecular formula is C73H114BBr5ClFN12NaO20S. The van der Waals surface area contributed by atoms with Gasteiger partial charge in [0, 0.05) is 57.3 Å². The fourth-order valence-corrected chi connectivity index (χ4v) is 8.95. The number of halogens is 7. The second-order valence-corrected chi connectivity index (χ2v) is 27.0. The van der Waals surface area contributed by atoms with Crippen molar-refractivity contribution in [3.8, 4) is 12.1 Å². The van der Waals surface area contributed by atoms with Gasteiger partial charge in [0.25, 0.3) is 17.7 Å². The first-order valence-corrected chi connectivity index (χ1v) is 36.7. The van der Waals surface area contributed by atoms with Gasteiger partial charge in [-0.1, -0.05) is 120 Å². The summed E-state index contributed by atoms with van der Waals surface area (Å²) in [6.07, 6.45) is 4.73. The van der Waals surface area contributed by atoms with Crippen LogP contribution in [0.1, 0.15) is 153 Å². The topological polar surface area (TPSA) is 527 Å². The standard InChI is InChI=1S/C12H13BrN2O2.C12H12N2O2.C9H12BrNO3.C9H13NO3.C8H8N2.C5H9NO2.2C4H7BrO3.C4H5ClO.CH3F.5CH4.BHNS.BrH.H3N2O.Na/c1-8-5-10(4-3-9(8)6-14)15-11(16)12(2,17)7-13;1-8-5-10(4-3-9(8)6-13)14-11(15)12(2)7-16-12;1-9(5-10)8(13)11-4-2-3-6(11)7(12)14-9;1-6(2)8(11)10-5-3-4-7(10)9(12)13;1-6-5-7(9)3-4-8(6)10-2;7-5(8)4-2-1-3-6-4;2*1-4(8,2-5)3(6)7;1-3(2)4(5)6;1-2;;;;;;1-2-3;;1-2-3;/h3-5,17H,7H2,1-2H3,(H,15,16);3-5H,7H2,1-2H3,(H,14,15);6H,2-5H2,1H3;7H,1,3-5H2,2H3,(H,12,13);3-5H,9H2,1H3;4,6H,1-3H2,(H,7,8);2*8H,2H2,1H3,(H,6,7);1H2,2H3;1H3;5*1H4;3H;1H;3H,1H2;/q;;;;;;;;;;;;;;;;;-1;+1/t2*12-;6?,9-;7-;;3*4-;;;;;;;;;;;/m0001.100.........../s1/i;;;;;;;;;1D;;;;;;;;;. The fourth-order valence-electron chi connectivity index (χ4n) is 7.86. The Balaban J connectivity index is -0.000000118. The number of nitriles is 2. The molecule has 5 heterocycles. The number of carbonyl (C=O) groups is 10. The van der Waals surface area contributed by atoms with Crippen LogP contribution in [0.15, 0.2) is 83.2 Å². The number of nitrogens with one attached hydrogen (secondary N) is 3. The van der Waals surface area contributed by atoms with Crippen LogP contribution in [0.2, 0.25) is 0 Å². The maximum Gasteiger partial charge on any atom is 1.00 e. The number of allylic oxidation sites excluding steroid dienone is 1. The number of aliphatic hydroxyl groups is 3. The molecule has 32 nitrogen and oxygen atoms in total. The van der Waals surface area contributed by atoms with Crippen molar-refractivity contribution >= 4 is 194 Å². The molecule has 1 unspecified atom stereocenters. The summed E-state index contributed by atoms with van der Waals surface area (Å²) >= 11 is 20.0. The molecule has 0 spiro atoms. The van der Waals surface area contributed by atoms with E-state index in [2.05, 4.69) is 134 Å². The summed E-state index contributed by atoms with van der Waals surface area (Å²) in [5.74, 6) is -1.25. The van der Waals surface area contributed by atoms with E-state index in [0.717, 1.165) is 55.3 Å². The van der Waals surface area contributed by atoms with Gasteiger partial charge in [0.1, 0.15) is 23.7 Å². The molecule has 42 heteroatoms.